The summed E-state index contributed by atoms with van der Waals surface area (Å²) < 4.78 is 31.9. The molecule has 1 aliphatic heterocycles. The van der Waals surface area contributed by atoms with Gasteiger partial charge in [-0.3, -0.25) is 4.79 Å². The number of ether oxygens (including phenoxy) is 1. The number of carbonyl (C=O) groups excluding carboxylic acids is 1. The fourth-order valence-electron chi connectivity index (χ4n) is 2.80. The SMILES string of the molecule is CNS(=O)(=O)c1cccc(C(=O)N2CCOC(c3ccccc3)C2)c1. The molecule has 1 heterocycles. The minimum absolute atomic E-state index is 0.0775. The first-order valence-electron chi connectivity index (χ1n) is 8.01. The van der Waals surface area contributed by atoms with Crippen molar-refractivity contribution in [3.63, 3.8) is 0 Å². The number of benzene rings is 2. The summed E-state index contributed by atoms with van der Waals surface area (Å²) in [6.45, 7) is 1.36. The Balaban J connectivity index is 1.80. The van der Waals surface area contributed by atoms with E-state index >= 15 is 0 Å². The molecule has 1 saturated heterocycles. The molecule has 1 N–H and O–H groups in total. The zero-order valence-corrected chi connectivity index (χ0v) is 14.7. The van der Waals surface area contributed by atoms with Crippen LogP contribution >= 0.6 is 0 Å². The van der Waals surface area contributed by atoms with Crippen molar-refractivity contribution in [1.29, 1.82) is 0 Å². The molecule has 0 bridgehead atoms. The Morgan fingerprint density at radius 1 is 1.16 bits per heavy atom. The second-order valence-corrected chi connectivity index (χ2v) is 7.64. The topological polar surface area (TPSA) is 75.7 Å². The third kappa shape index (κ3) is 3.89. The van der Waals surface area contributed by atoms with Crippen LogP contribution in [-0.4, -0.2) is 46.0 Å². The molecule has 25 heavy (non-hydrogen) atoms. The second-order valence-electron chi connectivity index (χ2n) is 5.76. The molecular formula is C18H20N2O4S. The molecule has 0 spiro atoms. The van der Waals surface area contributed by atoms with Crippen LogP contribution in [0.1, 0.15) is 22.0 Å². The molecule has 0 aliphatic carbocycles. The molecule has 2 aromatic rings. The van der Waals surface area contributed by atoms with Crippen LogP contribution in [0, 0.1) is 0 Å². The van der Waals surface area contributed by atoms with E-state index in [1.807, 2.05) is 30.3 Å². The van der Waals surface area contributed by atoms with Crippen LogP contribution in [-0.2, 0) is 14.8 Å². The Kier molecular flexibility index (Phi) is 5.17. The average molecular weight is 360 g/mol. The molecule has 1 aliphatic rings. The lowest BCUT2D eigenvalue weighted by molar-refractivity contribution is -0.0228. The number of nitrogens with zero attached hydrogens (tertiary/aromatic N) is 1. The summed E-state index contributed by atoms with van der Waals surface area (Å²) in [7, 11) is -2.24. The predicted molar refractivity (Wildman–Crippen MR) is 93.7 cm³/mol. The van der Waals surface area contributed by atoms with Crippen LogP contribution < -0.4 is 4.72 Å². The van der Waals surface area contributed by atoms with Crippen LogP contribution in [0.3, 0.4) is 0 Å². The number of sulfonamides is 1. The van der Waals surface area contributed by atoms with E-state index in [4.69, 9.17) is 4.74 Å². The van der Waals surface area contributed by atoms with Gasteiger partial charge >= 0.3 is 0 Å². The monoisotopic (exact) mass is 360 g/mol. The molecule has 6 nitrogen and oxygen atoms in total. The normalized spacial score (nSPS) is 18.1. The quantitative estimate of drug-likeness (QED) is 0.902. The number of amides is 1. The van der Waals surface area contributed by atoms with E-state index in [2.05, 4.69) is 4.72 Å². The predicted octanol–water partition coefficient (Wildman–Crippen LogP) is 1.81. The highest BCUT2D eigenvalue weighted by Gasteiger charge is 2.26. The molecular weight excluding hydrogens is 340 g/mol. The van der Waals surface area contributed by atoms with E-state index in [0.717, 1.165) is 5.56 Å². The van der Waals surface area contributed by atoms with Crippen LogP contribution in [0.25, 0.3) is 0 Å². The van der Waals surface area contributed by atoms with Gasteiger partial charge in [0, 0.05) is 12.1 Å². The number of carbonyl (C=O) groups is 1. The first kappa shape index (κ1) is 17.6. The smallest absolute Gasteiger partial charge is 0.254 e. The summed E-state index contributed by atoms with van der Waals surface area (Å²) in [6, 6.07) is 15.8. The second kappa shape index (κ2) is 7.35. The van der Waals surface area contributed by atoms with E-state index in [0.29, 0.717) is 25.3 Å². The van der Waals surface area contributed by atoms with Crippen LogP contribution in [0.4, 0.5) is 0 Å². The number of hydrogen-bond donors (Lipinski definition) is 1. The molecule has 132 valence electrons. The summed E-state index contributed by atoms with van der Waals surface area (Å²) in [6.07, 6.45) is -0.178. The number of rotatable bonds is 4. The van der Waals surface area contributed by atoms with Crippen LogP contribution in [0.15, 0.2) is 59.5 Å². The zero-order chi connectivity index (χ0) is 17.9. The van der Waals surface area contributed by atoms with Gasteiger partial charge in [0.15, 0.2) is 0 Å². The van der Waals surface area contributed by atoms with Crippen molar-refractivity contribution < 1.29 is 17.9 Å². The molecule has 3 rings (SSSR count). The lowest BCUT2D eigenvalue weighted by Crippen LogP contribution is -2.42. The minimum Gasteiger partial charge on any atom is -0.370 e. The van der Waals surface area contributed by atoms with E-state index in [1.165, 1.54) is 19.2 Å². The number of hydrogen-bond acceptors (Lipinski definition) is 4. The molecule has 0 radical (unpaired) electrons. The summed E-state index contributed by atoms with van der Waals surface area (Å²) in [5, 5.41) is 0. The van der Waals surface area contributed by atoms with Gasteiger partial charge in [-0.15, -0.1) is 0 Å². The van der Waals surface area contributed by atoms with Gasteiger partial charge in [0.05, 0.1) is 18.0 Å². The summed E-state index contributed by atoms with van der Waals surface area (Å²) in [5.74, 6) is -0.197. The first-order valence-corrected chi connectivity index (χ1v) is 9.49. The van der Waals surface area contributed by atoms with Crippen molar-refractivity contribution in [3.8, 4) is 0 Å². The van der Waals surface area contributed by atoms with E-state index in [-0.39, 0.29) is 16.9 Å². The number of nitrogens with one attached hydrogen (secondary N) is 1. The molecule has 0 aromatic heterocycles. The molecule has 1 fully saturated rings. The van der Waals surface area contributed by atoms with Crippen molar-refractivity contribution in [3.05, 3.63) is 65.7 Å². The van der Waals surface area contributed by atoms with Crippen molar-refractivity contribution in [1.82, 2.24) is 9.62 Å². The van der Waals surface area contributed by atoms with Gasteiger partial charge in [0.2, 0.25) is 10.0 Å². The molecule has 7 heteroatoms. The first-order chi connectivity index (χ1) is 12.0. The highest BCUT2D eigenvalue weighted by Crippen LogP contribution is 2.23. The van der Waals surface area contributed by atoms with Gasteiger partial charge in [-0.05, 0) is 30.8 Å². The minimum atomic E-state index is -3.58. The van der Waals surface area contributed by atoms with Crippen molar-refractivity contribution in [2.45, 2.75) is 11.0 Å². The third-order valence-corrected chi connectivity index (χ3v) is 5.60. The van der Waals surface area contributed by atoms with E-state index < -0.39 is 10.0 Å². The number of morpholine rings is 1. The lowest BCUT2D eigenvalue weighted by atomic mass is 10.1. The van der Waals surface area contributed by atoms with E-state index in [1.54, 1.807) is 17.0 Å². The Bertz CT molecular complexity index is 852. The lowest BCUT2D eigenvalue weighted by Gasteiger charge is -2.33. The molecule has 1 unspecified atom stereocenters. The molecule has 1 atom stereocenters. The Morgan fingerprint density at radius 2 is 1.92 bits per heavy atom. The van der Waals surface area contributed by atoms with Gasteiger partial charge < -0.3 is 9.64 Å². The molecule has 0 saturated carbocycles. The maximum absolute atomic E-state index is 12.8. The Labute approximate surface area is 147 Å². The molecule has 2 aromatic carbocycles. The summed E-state index contributed by atoms with van der Waals surface area (Å²) in [5.41, 5.74) is 1.37. The Morgan fingerprint density at radius 3 is 2.64 bits per heavy atom. The maximum Gasteiger partial charge on any atom is 0.254 e. The van der Waals surface area contributed by atoms with E-state index in [9.17, 15) is 13.2 Å². The van der Waals surface area contributed by atoms with Gasteiger partial charge in [0.1, 0.15) is 6.10 Å². The van der Waals surface area contributed by atoms with Gasteiger partial charge in [-0.2, -0.15) is 0 Å². The van der Waals surface area contributed by atoms with Gasteiger partial charge in [-0.25, -0.2) is 13.1 Å². The molecule has 1 amide bonds. The standard InChI is InChI=1S/C18H20N2O4S/c1-19-25(22,23)16-9-5-8-15(12-16)18(21)20-10-11-24-17(13-20)14-6-3-2-4-7-14/h2-9,12,17,19H,10-11,13H2,1H3. The average Bonchev–Trinajstić information content (AvgIpc) is 2.68. The van der Waals surface area contributed by atoms with Crippen molar-refractivity contribution in [2.24, 2.45) is 0 Å². The summed E-state index contributed by atoms with van der Waals surface area (Å²) in [4.78, 5) is 14.6. The van der Waals surface area contributed by atoms with Crippen LogP contribution in [0.5, 0.6) is 0 Å². The third-order valence-electron chi connectivity index (χ3n) is 4.19. The largest absolute Gasteiger partial charge is 0.370 e. The zero-order valence-electron chi connectivity index (χ0n) is 13.9. The Hall–Kier alpha value is -2.22. The van der Waals surface area contributed by atoms with Gasteiger partial charge in [-0.1, -0.05) is 36.4 Å². The fourth-order valence-corrected chi connectivity index (χ4v) is 3.58. The maximum atomic E-state index is 12.8. The summed E-state index contributed by atoms with van der Waals surface area (Å²) >= 11 is 0. The fraction of sp³-hybridized carbons (Fsp3) is 0.278. The highest BCUT2D eigenvalue weighted by atomic mass is 32.2. The highest BCUT2D eigenvalue weighted by molar-refractivity contribution is 7.89. The van der Waals surface area contributed by atoms with Crippen LogP contribution in [0.2, 0.25) is 0 Å². The van der Waals surface area contributed by atoms with Gasteiger partial charge in [0.25, 0.3) is 5.91 Å². The van der Waals surface area contributed by atoms with Crippen molar-refractivity contribution >= 4 is 15.9 Å². The van der Waals surface area contributed by atoms with Crippen molar-refractivity contribution in [2.75, 3.05) is 26.7 Å².